The summed E-state index contributed by atoms with van der Waals surface area (Å²) in [6, 6.07) is 0. The maximum absolute atomic E-state index is 11.6. The van der Waals surface area contributed by atoms with Gasteiger partial charge in [-0.25, -0.2) is 0 Å². The first-order valence-corrected chi connectivity index (χ1v) is 6.15. The van der Waals surface area contributed by atoms with Crippen molar-refractivity contribution in [1.82, 2.24) is 4.90 Å². The molecule has 0 aromatic carbocycles. The Morgan fingerprint density at radius 2 is 1.92 bits per heavy atom. The van der Waals surface area contributed by atoms with Gasteiger partial charge in [0.1, 0.15) is 0 Å². The fourth-order valence-corrected chi connectivity index (χ4v) is 3.26. The van der Waals surface area contributed by atoms with Crippen molar-refractivity contribution in [1.29, 1.82) is 0 Å². The van der Waals surface area contributed by atoms with E-state index in [0.717, 1.165) is 19.6 Å². The Morgan fingerprint density at radius 1 is 1.38 bits per heavy atom. The standard InChI is InChI=1S/C10H19NOS/c1-4-5-6-11-7-9(2)13(12)10(3)8-11/h4-5,9-10H,6-8H2,1-3H3/b5-4+. The van der Waals surface area contributed by atoms with Crippen LogP contribution in [0, 0.1) is 0 Å². The molecule has 1 heterocycles. The van der Waals surface area contributed by atoms with E-state index in [-0.39, 0.29) is 0 Å². The highest BCUT2D eigenvalue weighted by atomic mass is 32.2. The third-order valence-corrected chi connectivity index (χ3v) is 4.31. The molecule has 0 amide bonds. The molecule has 0 N–H and O–H groups in total. The molecular formula is C10H19NOS. The summed E-state index contributed by atoms with van der Waals surface area (Å²) in [4.78, 5) is 2.37. The van der Waals surface area contributed by atoms with E-state index in [1.807, 2.05) is 6.92 Å². The second-order valence-corrected chi connectivity index (χ2v) is 6.00. The van der Waals surface area contributed by atoms with Crippen LogP contribution in [0.5, 0.6) is 0 Å². The molecule has 0 radical (unpaired) electrons. The quantitative estimate of drug-likeness (QED) is 0.630. The zero-order valence-corrected chi connectivity index (χ0v) is 9.51. The van der Waals surface area contributed by atoms with E-state index in [4.69, 9.17) is 0 Å². The summed E-state index contributed by atoms with van der Waals surface area (Å²) in [5, 5.41) is 0.656. The molecule has 76 valence electrons. The summed E-state index contributed by atoms with van der Waals surface area (Å²) in [5.41, 5.74) is 0. The van der Waals surface area contributed by atoms with Gasteiger partial charge in [-0.2, -0.15) is 0 Å². The fraction of sp³-hybridized carbons (Fsp3) is 0.800. The summed E-state index contributed by atoms with van der Waals surface area (Å²) < 4.78 is 11.6. The van der Waals surface area contributed by atoms with Crippen LogP contribution in [-0.4, -0.2) is 39.2 Å². The second kappa shape index (κ2) is 4.91. The minimum absolute atomic E-state index is 0.328. The lowest BCUT2D eigenvalue weighted by atomic mass is 10.3. The Labute approximate surface area is 83.5 Å². The topological polar surface area (TPSA) is 20.3 Å². The summed E-state index contributed by atoms with van der Waals surface area (Å²) in [5.74, 6) is 0. The lowest BCUT2D eigenvalue weighted by molar-refractivity contribution is 0.294. The maximum Gasteiger partial charge on any atom is 0.0450 e. The molecule has 0 aromatic heterocycles. The zero-order chi connectivity index (χ0) is 9.84. The van der Waals surface area contributed by atoms with Gasteiger partial charge in [0, 0.05) is 40.9 Å². The average Bonchev–Trinajstić information content (AvgIpc) is 2.10. The molecule has 1 fully saturated rings. The van der Waals surface area contributed by atoms with E-state index in [9.17, 15) is 4.21 Å². The molecule has 2 atom stereocenters. The normalized spacial score (nSPS) is 37.0. The van der Waals surface area contributed by atoms with Gasteiger partial charge in [-0.1, -0.05) is 12.2 Å². The van der Waals surface area contributed by atoms with Crippen molar-refractivity contribution in [2.24, 2.45) is 0 Å². The molecular weight excluding hydrogens is 182 g/mol. The minimum Gasteiger partial charge on any atom is -0.297 e. The minimum atomic E-state index is -0.622. The lowest BCUT2D eigenvalue weighted by Gasteiger charge is -2.33. The Bertz CT molecular complexity index is 201. The van der Waals surface area contributed by atoms with Gasteiger partial charge < -0.3 is 0 Å². The number of hydrogen-bond donors (Lipinski definition) is 0. The zero-order valence-electron chi connectivity index (χ0n) is 8.69. The van der Waals surface area contributed by atoms with Crippen LogP contribution >= 0.6 is 0 Å². The van der Waals surface area contributed by atoms with E-state index >= 15 is 0 Å². The van der Waals surface area contributed by atoms with Crippen molar-refractivity contribution in [2.45, 2.75) is 31.3 Å². The smallest absolute Gasteiger partial charge is 0.0450 e. The summed E-state index contributed by atoms with van der Waals surface area (Å²) in [7, 11) is -0.622. The number of rotatable bonds is 2. The lowest BCUT2D eigenvalue weighted by Crippen LogP contribution is -2.47. The number of allylic oxidation sites excluding steroid dienone is 1. The van der Waals surface area contributed by atoms with Crippen molar-refractivity contribution in [3.05, 3.63) is 12.2 Å². The summed E-state index contributed by atoms with van der Waals surface area (Å²) >= 11 is 0. The SMILES string of the molecule is C/C=C/CN1CC(C)S(=O)C(C)C1. The summed E-state index contributed by atoms with van der Waals surface area (Å²) in [6.07, 6.45) is 4.23. The van der Waals surface area contributed by atoms with Crippen LogP contribution < -0.4 is 0 Å². The van der Waals surface area contributed by atoms with E-state index in [2.05, 4.69) is 30.9 Å². The molecule has 2 unspecified atom stereocenters. The van der Waals surface area contributed by atoms with Crippen molar-refractivity contribution in [3.8, 4) is 0 Å². The van der Waals surface area contributed by atoms with Crippen LogP contribution in [-0.2, 0) is 10.8 Å². The van der Waals surface area contributed by atoms with Crippen molar-refractivity contribution in [2.75, 3.05) is 19.6 Å². The first-order chi connectivity index (χ1) is 6.15. The van der Waals surface area contributed by atoms with Crippen LogP contribution in [0.25, 0.3) is 0 Å². The largest absolute Gasteiger partial charge is 0.297 e. The second-order valence-electron chi connectivity index (χ2n) is 3.74. The highest BCUT2D eigenvalue weighted by molar-refractivity contribution is 7.86. The first kappa shape index (κ1) is 10.9. The Morgan fingerprint density at radius 3 is 2.38 bits per heavy atom. The maximum atomic E-state index is 11.6. The van der Waals surface area contributed by atoms with Crippen LogP contribution in [0.4, 0.5) is 0 Å². The highest BCUT2D eigenvalue weighted by Gasteiger charge is 2.27. The molecule has 0 bridgehead atoms. The molecule has 13 heavy (non-hydrogen) atoms. The predicted molar refractivity (Wildman–Crippen MR) is 58.3 cm³/mol. The third kappa shape index (κ3) is 2.92. The molecule has 0 spiro atoms. The van der Waals surface area contributed by atoms with E-state index in [1.54, 1.807) is 0 Å². The fourth-order valence-electron chi connectivity index (χ4n) is 1.75. The van der Waals surface area contributed by atoms with Gasteiger partial charge in [-0.3, -0.25) is 9.11 Å². The molecule has 0 aromatic rings. The Balaban J connectivity index is 2.48. The summed E-state index contributed by atoms with van der Waals surface area (Å²) in [6.45, 7) is 9.14. The molecule has 0 saturated carbocycles. The molecule has 2 nitrogen and oxygen atoms in total. The number of hydrogen-bond acceptors (Lipinski definition) is 2. The van der Waals surface area contributed by atoms with Crippen LogP contribution in [0.2, 0.25) is 0 Å². The Hall–Kier alpha value is -0.150. The van der Waals surface area contributed by atoms with Crippen LogP contribution in [0.15, 0.2) is 12.2 Å². The van der Waals surface area contributed by atoms with E-state index in [0.29, 0.717) is 10.5 Å². The molecule has 1 aliphatic rings. The monoisotopic (exact) mass is 201 g/mol. The van der Waals surface area contributed by atoms with Crippen molar-refractivity contribution >= 4 is 10.8 Å². The van der Waals surface area contributed by atoms with Gasteiger partial charge in [0.25, 0.3) is 0 Å². The highest BCUT2D eigenvalue weighted by Crippen LogP contribution is 2.14. The van der Waals surface area contributed by atoms with Crippen molar-refractivity contribution < 1.29 is 4.21 Å². The van der Waals surface area contributed by atoms with Gasteiger partial charge in [-0.05, 0) is 20.8 Å². The van der Waals surface area contributed by atoms with Gasteiger partial charge in [0.15, 0.2) is 0 Å². The van der Waals surface area contributed by atoms with E-state index in [1.165, 1.54) is 0 Å². The molecule has 3 heteroatoms. The van der Waals surface area contributed by atoms with Gasteiger partial charge in [0.05, 0.1) is 0 Å². The first-order valence-electron chi connectivity index (χ1n) is 4.88. The predicted octanol–water partition coefficient (Wildman–Crippen LogP) is 1.40. The van der Waals surface area contributed by atoms with Gasteiger partial charge in [-0.15, -0.1) is 0 Å². The molecule has 1 aliphatic heterocycles. The number of nitrogens with zero attached hydrogens (tertiary/aromatic N) is 1. The third-order valence-electron chi connectivity index (χ3n) is 2.42. The van der Waals surface area contributed by atoms with Crippen molar-refractivity contribution in [3.63, 3.8) is 0 Å². The Kier molecular flexibility index (Phi) is 4.13. The van der Waals surface area contributed by atoms with Gasteiger partial charge in [0.2, 0.25) is 0 Å². The van der Waals surface area contributed by atoms with Crippen LogP contribution in [0.1, 0.15) is 20.8 Å². The molecule has 0 aliphatic carbocycles. The van der Waals surface area contributed by atoms with Crippen LogP contribution in [0.3, 0.4) is 0 Å². The van der Waals surface area contributed by atoms with Gasteiger partial charge >= 0.3 is 0 Å². The average molecular weight is 201 g/mol. The molecule has 1 saturated heterocycles. The molecule has 1 rings (SSSR count). The van der Waals surface area contributed by atoms with E-state index < -0.39 is 10.8 Å².